The lowest BCUT2D eigenvalue weighted by Crippen LogP contribution is -2.19. The molecule has 0 aliphatic carbocycles. The highest BCUT2D eigenvalue weighted by Gasteiger charge is 2.14. The number of hydrogen-bond donors (Lipinski definition) is 1. The molecule has 1 atom stereocenters. The van der Waals surface area contributed by atoms with E-state index in [2.05, 4.69) is 17.4 Å². The minimum absolute atomic E-state index is 0.479. The van der Waals surface area contributed by atoms with Crippen molar-refractivity contribution in [2.24, 2.45) is 0 Å². The van der Waals surface area contributed by atoms with E-state index >= 15 is 0 Å². The molecule has 0 saturated carbocycles. The van der Waals surface area contributed by atoms with Gasteiger partial charge in [0.1, 0.15) is 5.75 Å². The van der Waals surface area contributed by atoms with E-state index < -0.39 is 0 Å². The quantitative estimate of drug-likeness (QED) is 0.754. The van der Waals surface area contributed by atoms with Crippen molar-refractivity contribution in [2.45, 2.75) is 38.8 Å². The van der Waals surface area contributed by atoms with Crippen LogP contribution in [0.25, 0.3) is 0 Å². The van der Waals surface area contributed by atoms with Gasteiger partial charge in [0.25, 0.3) is 0 Å². The highest BCUT2D eigenvalue weighted by Crippen LogP contribution is 2.15. The number of nitrogens with one attached hydrogen (secondary N) is 1. The average Bonchev–Trinajstić information content (AvgIpc) is 2.89. The van der Waals surface area contributed by atoms with Crippen molar-refractivity contribution in [1.82, 2.24) is 5.32 Å². The van der Waals surface area contributed by atoms with Crippen LogP contribution in [0.3, 0.4) is 0 Å². The molecule has 1 fully saturated rings. The third-order valence-corrected chi connectivity index (χ3v) is 3.21. The topological polar surface area (TPSA) is 30.5 Å². The number of benzene rings is 1. The molecule has 18 heavy (non-hydrogen) atoms. The third kappa shape index (κ3) is 4.31. The highest BCUT2D eigenvalue weighted by molar-refractivity contribution is 5.28. The van der Waals surface area contributed by atoms with Crippen LogP contribution in [0.2, 0.25) is 0 Å². The molecule has 1 aliphatic heterocycles. The van der Waals surface area contributed by atoms with E-state index in [4.69, 9.17) is 9.47 Å². The molecule has 1 aliphatic rings. The van der Waals surface area contributed by atoms with Crippen molar-refractivity contribution in [3.63, 3.8) is 0 Å². The summed E-state index contributed by atoms with van der Waals surface area (Å²) in [5.74, 6) is 0.955. The van der Waals surface area contributed by atoms with Gasteiger partial charge in [0, 0.05) is 13.2 Å². The van der Waals surface area contributed by atoms with Crippen molar-refractivity contribution in [3.05, 3.63) is 29.8 Å². The molecule has 1 aromatic carbocycles. The van der Waals surface area contributed by atoms with Gasteiger partial charge in [-0.3, -0.25) is 0 Å². The van der Waals surface area contributed by atoms with E-state index in [-0.39, 0.29) is 0 Å². The maximum atomic E-state index is 5.60. The fraction of sp³-hybridized carbons (Fsp3) is 0.600. The highest BCUT2D eigenvalue weighted by atomic mass is 16.5. The van der Waals surface area contributed by atoms with Gasteiger partial charge in [0.05, 0.1) is 12.7 Å². The molecule has 1 N–H and O–H groups in total. The SMILES string of the molecule is CCOc1cccc(CNCCC2CCCO2)c1. The van der Waals surface area contributed by atoms with Gasteiger partial charge < -0.3 is 14.8 Å². The molecule has 0 bridgehead atoms. The Morgan fingerprint density at radius 2 is 2.39 bits per heavy atom. The molecule has 0 amide bonds. The Kier molecular flexibility index (Phi) is 5.49. The van der Waals surface area contributed by atoms with E-state index in [1.807, 2.05) is 19.1 Å². The molecule has 0 spiro atoms. The van der Waals surface area contributed by atoms with Crippen LogP contribution in [0, 0.1) is 0 Å². The summed E-state index contributed by atoms with van der Waals surface area (Å²) in [6, 6.07) is 8.27. The standard InChI is InChI=1S/C15H23NO2/c1-2-17-15-6-3-5-13(11-15)12-16-9-8-14-7-4-10-18-14/h3,5-6,11,14,16H,2,4,7-10,12H2,1H3. The first kappa shape index (κ1) is 13.4. The van der Waals surface area contributed by atoms with Crippen LogP contribution in [0.4, 0.5) is 0 Å². The summed E-state index contributed by atoms with van der Waals surface area (Å²) in [5.41, 5.74) is 1.27. The van der Waals surface area contributed by atoms with Gasteiger partial charge in [-0.15, -0.1) is 0 Å². The Labute approximate surface area is 109 Å². The first-order valence-corrected chi connectivity index (χ1v) is 6.92. The first-order chi connectivity index (χ1) is 8.88. The number of ether oxygens (including phenoxy) is 2. The predicted molar refractivity (Wildman–Crippen MR) is 72.9 cm³/mol. The average molecular weight is 249 g/mol. The maximum absolute atomic E-state index is 5.60. The summed E-state index contributed by atoms with van der Waals surface area (Å²) >= 11 is 0. The molecule has 1 saturated heterocycles. The van der Waals surface area contributed by atoms with E-state index in [0.29, 0.717) is 6.10 Å². The fourth-order valence-corrected chi connectivity index (χ4v) is 2.28. The monoisotopic (exact) mass is 249 g/mol. The molecule has 3 heteroatoms. The zero-order chi connectivity index (χ0) is 12.6. The van der Waals surface area contributed by atoms with E-state index in [9.17, 15) is 0 Å². The van der Waals surface area contributed by atoms with Crippen LogP contribution in [0.15, 0.2) is 24.3 Å². The lowest BCUT2D eigenvalue weighted by Gasteiger charge is -2.10. The molecular weight excluding hydrogens is 226 g/mol. The van der Waals surface area contributed by atoms with Crippen LogP contribution in [-0.4, -0.2) is 25.9 Å². The second-order valence-corrected chi connectivity index (χ2v) is 4.68. The largest absolute Gasteiger partial charge is 0.494 e. The Morgan fingerprint density at radius 3 is 3.17 bits per heavy atom. The van der Waals surface area contributed by atoms with Gasteiger partial charge in [-0.1, -0.05) is 12.1 Å². The zero-order valence-electron chi connectivity index (χ0n) is 11.2. The summed E-state index contributed by atoms with van der Waals surface area (Å²) in [6.07, 6.45) is 4.04. The van der Waals surface area contributed by atoms with Crippen molar-refractivity contribution < 1.29 is 9.47 Å². The second kappa shape index (κ2) is 7.39. The van der Waals surface area contributed by atoms with Gasteiger partial charge in [0.15, 0.2) is 0 Å². The second-order valence-electron chi connectivity index (χ2n) is 4.68. The van der Waals surface area contributed by atoms with Crippen LogP contribution >= 0.6 is 0 Å². The first-order valence-electron chi connectivity index (χ1n) is 6.92. The summed E-state index contributed by atoms with van der Waals surface area (Å²) in [4.78, 5) is 0. The normalized spacial score (nSPS) is 19.1. The van der Waals surface area contributed by atoms with Gasteiger partial charge in [-0.25, -0.2) is 0 Å². The summed E-state index contributed by atoms with van der Waals surface area (Å²) in [7, 11) is 0. The molecule has 1 heterocycles. The molecular formula is C15H23NO2. The van der Waals surface area contributed by atoms with Gasteiger partial charge in [-0.05, 0) is 50.4 Å². The minimum atomic E-state index is 0.479. The molecule has 0 radical (unpaired) electrons. The lowest BCUT2D eigenvalue weighted by molar-refractivity contribution is 0.104. The van der Waals surface area contributed by atoms with Crippen LogP contribution in [-0.2, 0) is 11.3 Å². The van der Waals surface area contributed by atoms with Crippen LogP contribution in [0.1, 0.15) is 31.7 Å². The maximum Gasteiger partial charge on any atom is 0.119 e. The van der Waals surface area contributed by atoms with E-state index in [1.165, 1.54) is 18.4 Å². The lowest BCUT2D eigenvalue weighted by atomic mass is 10.1. The molecule has 0 aromatic heterocycles. The van der Waals surface area contributed by atoms with E-state index in [1.54, 1.807) is 0 Å². The zero-order valence-corrected chi connectivity index (χ0v) is 11.2. The van der Waals surface area contributed by atoms with Crippen molar-refractivity contribution >= 4 is 0 Å². The predicted octanol–water partition coefficient (Wildman–Crippen LogP) is 2.74. The molecule has 3 nitrogen and oxygen atoms in total. The molecule has 100 valence electrons. The smallest absolute Gasteiger partial charge is 0.119 e. The summed E-state index contributed by atoms with van der Waals surface area (Å²) < 4.78 is 11.1. The van der Waals surface area contributed by atoms with Gasteiger partial charge >= 0.3 is 0 Å². The Hall–Kier alpha value is -1.06. The summed E-state index contributed by atoms with van der Waals surface area (Å²) in [5, 5.41) is 3.46. The van der Waals surface area contributed by atoms with Crippen LogP contribution < -0.4 is 10.1 Å². The van der Waals surface area contributed by atoms with Gasteiger partial charge in [0.2, 0.25) is 0 Å². The third-order valence-electron chi connectivity index (χ3n) is 3.21. The fourth-order valence-electron chi connectivity index (χ4n) is 2.28. The van der Waals surface area contributed by atoms with Crippen molar-refractivity contribution in [3.8, 4) is 5.75 Å². The number of hydrogen-bond acceptors (Lipinski definition) is 3. The molecule has 1 unspecified atom stereocenters. The minimum Gasteiger partial charge on any atom is -0.494 e. The van der Waals surface area contributed by atoms with Crippen LogP contribution in [0.5, 0.6) is 5.75 Å². The van der Waals surface area contributed by atoms with Gasteiger partial charge in [-0.2, -0.15) is 0 Å². The van der Waals surface area contributed by atoms with Crippen molar-refractivity contribution in [2.75, 3.05) is 19.8 Å². The summed E-state index contributed by atoms with van der Waals surface area (Å²) in [6.45, 7) is 5.58. The van der Waals surface area contributed by atoms with Crippen molar-refractivity contribution in [1.29, 1.82) is 0 Å². The Bertz CT molecular complexity index is 348. The molecule has 1 aromatic rings. The molecule has 2 rings (SSSR count). The number of rotatable bonds is 7. The Balaban J connectivity index is 1.67. The van der Waals surface area contributed by atoms with E-state index in [0.717, 1.165) is 38.5 Å². The Morgan fingerprint density at radius 1 is 1.44 bits per heavy atom.